The quantitative estimate of drug-likeness (QED) is 0.707. The van der Waals surface area contributed by atoms with E-state index in [9.17, 15) is 0 Å². The highest BCUT2D eigenvalue weighted by molar-refractivity contribution is 4.86. The van der Waals surface area contributed by atoms with Crippen LogP contribution in [-0.4, -0.2) is 42.8 Å². The van der Waals surface area contributed by atoms with Gasteiger partial charge in [0.15, 0.2) is 0 Å². The molecule has 3 nitrogen and oxygen atoms in total. The van der Waals surface area contributed by atoms with Crippen LogP contribution in [-0.2, 0) is 4.74 Å². The maximum absolute atomic E-state index is 6.20. The van der Waals surface area contributed by atoms with E-state index in [1.807, 2.05) is 0 Å². The molecule has 1 aliphatic heterocycles. The summed E-state index contributed by atoms with van der Waals surface area (Å²) in [4.78, 5) is 2.53. The summed E-state index contributed by atoms with van der Waals surface area (Å²) in [6.45, 7) is 9.56. The average Bonchev–Trinajstić information content (AvgIpc) is 2.25. The Balaban J connectivity index is 2.47. The molecule has 0 amide bonds. The van der Waals surface area contributed by atoms with E-state index in [0.29, 0.717) is 12.1 Å². The van der Waals surface area contributed by atoms with Crippen LogP contribution in [0, 0.1) is 0 Å². The Hall–Kier alpha value is -0.120. The first-order valence-electron chi connectivity index (χ1n) is 6.75. The number of hydrogen-bond acceptors (Lipinski definition) is 3. The molecule has 2 N–H and O–H groups in total. The smallest absolute Gasteiger partial charge is 0.0637 e. The molecule has 1 saturated heterocycles. The topological polar surface area (TPSA) is 38.5 Å². The van der Waals surface area contributed by atoms with Gasteiger partial charge in [-0.2, -0.15) is 0 Å². The number of rotatable bonds is 6. The van der Waals surface area contributed by atoms with Crippen molar-refractivity contribution in [1.29, 1.82) is 0 Å². The zero-order chi connectivity index (χ0) is 12.0. The van der Waals surface area contributed by atoms with E-state index in [4.69, 9.17) is 10.5 Å². The summed E-state index contributed by atoms with van der Waals surface area (Å²) in [6.07, 6.45) is 4.87. The molecular weight excluding hydrogens is 200 g/mol. The summed E-state index contributed by atoms with van der Waals surface area (Å²) in [7, 11) is 0. The molecule has 3 heteroatoms. The molecule has 0 aliphatic carbocycles. The third-order valence-electron chi connectivity index (χ3n) is 3.49. The highest BCUT2D eigenvalue weighted by Crippen LogP contribution is 2.16. The van der Waals surface area contributed by atoms with Gasteiger partial charge in [-0.1, -0.05) is 19.8 Å². The molecule has 96 valence electrons. The van der Waals surface area contributed by atoms with Crippen LogP contribution in [0.3, 0.4) is 0 Å². The van der Waals surface area contributed by atoms with E-state index < -0.39 is 0 Å². The molecule has 0 radical (unpaired) electrons. The molecule has 1 fully saturated rings. The lowest BCUT2D eigenvalue weighted by Gasteiger charge is -2.40. The lowest BCUT2D eigenvalue weighted by molar-refractivity contribution is -0.00657. The van der Waals surface area contributed by atoms with Crippen LogP contribution in [0.15, 0.2) is 0 Å². The molecule has 1 heterocycles. The zero-order valence-corrected chi connectivity index (χ0v) is 11.1. The largest absolute Gasteiger partial charge is 0.380 e. The number of ether oxygens (including phenoxy) is 1. The fraction of sp³-hybridized carbons (Fsp3) is 1.00. The minimum atomic E-state index is 0.290. The Kier molecular flexibility index (Phi) is 6.32. The molecule has 2 unspecified atom stereocenters. The Morgan fingerprint density at radius 1 is 1.38 bits per heavy atom. The molecule has 0 saturated carbocycles. The van der Waals surface area contributed by atoms with Crippen LogP contribution < -0.4 is 5.73 Å². The minimum absolute atomic E-state index is 0.290. The SMILES string of the molecule is CCCCCN(C(C)C)C1COCCC1N. The molecule has 0 bridgehead atoms. The van der Waals surface area contributed by atoms with Crippen LogP contribution in [0.5, 0.6) is 0 Å². The lowest BCUT2D eigenvalue weighted by atomic mass is 10.0. The summed E-state index contributed by atoms with van der Waals surface area (Å²) in [5.74, 6) is 0. The zero-order valence-electron chi connectivity index (χ0n) is 11.1. The van der Waals surface area contributed by atoms with Gasteiger partial charge < -0.3 is 10.5 Å². The van der Waals surface area contributed by atoms with Crippen molar-refractivity contribution in [2.24, 2.45) is 5.73 Å². The van der Waals surface area contributed by atoms with E-state index >= 15 is 0 Å². The van der Waals surface area contributed by atoms with E-state index in [-0.39, 0.29) is 6.04 Å². The second kappa shape index (κ2) is 7.25. The van der Waals surface area contributed by atoms with Gasteiger partial charge in [-0.25, -0.2) is 0 Å². The van der Waals surface area contributed by atoms with Crippen LogP contribution >= 0.6 is 0 Å². The molecule has 0 spiro atoms. The van der Waals surface area contributed by atoms with Gasteiger partial charge in [-0.3, -0.25) is 4.90 Å². The number of hydrogen-bond donors (Lipinski definition) is 1. The fourth-order valence-corrected chi connectivity index (χ4v) is 2.43. The molecule has 0 aromatic carbocycles. The van der Waals surface area contributed by atoms with Gasteiger partial charge in [0.1, 0.15) is 0 Å². The maximum Gasteiger partial charge on any atom is 0.0637 e. The van der Waals surface area contributed by atoms with Crippen LogP contribution in [0.25, 0.3) is 0 Å². The molecule has 16 heavy (non-hydrogen) atoms. The van der Waals surface area contributed by atoms with E-state index in [0.717, 1.165) is 26.2 Å². The van der Waals surface area contributed by atoms with Crippen molar-refractivity contribution in [1.82, 2.24) is 4.90 Å². The van der Waals surface area contributed by atoms with Crippen LogP contribution in [0.1, 0.15) is 46.5 Å². The van der Waals surface area contributed by atoms with Gasteiger partial charge in [-0.05, 0) is 33.2 Å². The Morgan fingerprint density at radius 3 is 2.69 bits per heavy atom. The monoisotopic (exact) mass is 228 g/mol. The number of unbranched alkanes of at least 4 members (excludes halogenated alkanes) is 2. The first-order valence-corrected chi connectivity index (χ1v) is 6.75. The lowest BCUT2D eigenvalue weighted by Crippen LogP contribution is -2.55. The van der Waals surface area contributed by atoms with E-state index in [1.165, 1.54) is 19.3 Å². The van der Waals surface area contributed by atoms with Crippen molar-refractivity contribution in [2.45, 2.75) is 64.6 Å². The van der Waals surface area contributed by atoms with E-state index in [2.05, 4.69) is 25.7 Å². The van der Waals surface area contributed by atoms with Crippen molar-refractivity contribution >= 4 is 0 Å². The van der Waals surface area contributed by atoms with Gasteiger partial charge >= 0.3 is 0 Å². The second-order valence-electron chi connectivity index (χ2n) is 5.13. The van der Waals surface area contributed by atoms with Crippen molar-refractivity contribution in [2.75, 3.05) is 19.8 Å². The Labute approximate surface area is 100 Å². The number of nitrogens with two attached hydrogens (primary N) is 1. The molecule has 2 atom stereocenters. The molecule has 1 aliphatic rings. The highest BCUT2D eigenvalue weighted by Gasteiger charge is 2.29. The summed E-state index contributed by atoms with van der Waals surface area (Å²) < 4.78 is 5.57. The predicted octanol–water partition coefficient (Wildman–Crippen LogP) is 2.00. The standard InChI is InChI=1S/C13H28N2O/c1-4-5-6-8-15(11(2)3)13-10-16-9-7-12(13)14/h11-13H,4-10,14H2,1-3H3. The molecular formula is C13H28N2O. The molecule has 0 aromatic rings. The molecule has 0 aromatic heterocycles. The summed E-state index contributed by atoms with van der Waals surface area (Å²) in [6, 6.07) is 1.28. The molecule has 1 rings (SSSR count). The second-order valence-corrected chi connectivity index (χ2v) is 5.13. The number of nitrogens with zero attached hydrogens (tertiary/aromatic N) is 1. The summed E-state index contributed by atoms with van der Waals surface area (Å²) >= 11 is 0. The van der Waals surface area contributed by atoms with Gasteiger partial charge in [0.2, 0.25) is 0 Å². The third-order valence-corrected chi connectivity index (χ3v) is 3.49. The van der Waals surface area contributed by atoms with Crippen molar-refractivity contribution in [3.63, 3.8) is 0 Å². The van der Waals surface area contributed by atoms with Crippen LogP contribution in [0.4, 0.5) is 0 Å². The Bertz CT molecular complexity index is 185. The maximum atomic E-state index is 6.20. The van der Waals surface area contributed by atoms with Crippen molar-refractivity contribution in [3.8, 4) is 0 Å². The van der Waals surface area contributed by atoms with Crippen molar-refractivity contribution in [3.05, 3.63) is 0 Å². The first kappa shape index (κ1) is 13.9. The minimum Gasteiger partial charge on any atom is -0.380 e. The van der Waals surface area contributed by atoms with Gasteiger partial charge in [0.05, 0.1) is 6.61 Å². The van der Waals surface area contributed by atoms with Gasteiger partial charge in [0.25, 0.3) is 0 Å². The summed E-state index contributed by atoms with van der Waals surface area (Å²) in [5, 5.41) is 0. The summed E-state index contributed by atoms with van der Waals surface area (Å²) in [5.41, 5.74) is 6.20. The van der Waals surface area contributed by atoms with Gasteiger partial charge in [-0.15, -0.1) is 0 Å². The predicted molar refractivity (Wildman–Crippen MR) is 68.6 cm³/mol. The highest BCUT2D eigenvalue weighted by atomic mass is 16.5. The van der Waals surface area contributed by atoms with Crippen molar-refractivity contribution < 1.29 is 4.74 Å². The normalized spacial score (nSPS) is 26.6. The fourth-order valence-electron chi connectivity index (χ4n) is 2.43. The first-order chi connectivity index (χ1) is 7.66. The average molecular weight is 228 g/mol. The third kappa shape index (κ3) is 4.04. The van der Waals surface area contributed by atoms with Crippen LogP contribution in [0.2, 0.25) is 0 Å². The van der Waals surface area contributed by atoms with Gasteiger partial charge in [0, 0.05) is 24.7 Å². The Morgan fingerprint density at radius 2 is 2.12 bits per heavy atom. The van der Waals surface area contributed by atoms with E-state index in [1.54, 1.807) is 0 Å².